The van der Waals surface area contributed by atoms with Crippen LogP contribution in [0.2, 0.25) is 0 Å². The smallest absolute Gasteiger partial charge is 0.257 e. The molecule has 0 heterocycles. The molecule has 1 aromatic carbocycles. The van der Waals surface area contributed by atoms with Crippen LogP contribution in [-0.4, -0.2) is 25.0 Å². The molecule has 3 N–H and O–H groups in total. The molecule has 0 fully saturated rings. The Kier molecular flexibility index (Phi) is 5.16. The molecule has 0 aliphatic heterocycles. The highest BCUT2D eigenvalue weighted by molar-refractivity contribution is 5.86. The summed E-state index contributed by atoms with van der Waals surface area (Å²) in [5.74, 6) is -0.509. The molecule has 0 aliphatic rings. The number of likely N-dealkylation sites (N-methyl/N-ethyl adjacent to an activating group) is 1. The third kappa shape index (κ3) is 4.65. The monoisotopic (exact) mass is 235 g/mol. The molecule has 0 aliphatic carbocycles. The van der Waals surface area contributed by atoms with Crippen LogP contribution in [-0.2, 0) is 16.1 Å². The number of hydrogen-bond donors (Lipinski definition) is 3. The van der Waals surface area contributed by atoms with E-state index in [-0.39, 0.29) is 11.8 Å². The van der Waals surface area contributed by atoms with Crippen LogP contribution in [0.3, 0.4) is 0 Å². The highest BCUT2D eigenvalue weighted by Gasteiger charge is 2.16. The lowest BCUT2D eigenvalue weighted by Crippen LogP contribution is -2.53. The number of nitrogens with one attached hydrogen (secondary N) is 3. The fraction of sp³-hybridized carbons (Fsp3) is 0.333. The van der Waals surface area contributed by atoms with Crippen molar-refractivity contribution in [1.29, 1.82) is 0 Å². The molecule has 2 amide bonds. The van der Waals surface area contributed by atoms with Gasteiger partial charge in [-0.1, -0.05) is 30.3 Å². The van der Waals surface area contributed by atoms with E-state index in [1.807, 2.05) is 30.3 Å². The van der Waals surface area contributed by atoms with Gasteiger partial charge in [0.25, 0.3) is 5.91 Å². The first-order valence-electron chi connectivity index (χ1n) is 5.39. The first-order chi connectivity index (χ1) is 8.13. The van der Waals surface area contributed by atoms with Crippen LogP contribution >= 0.6 is 0 Å². The minimum Gasteiger partial charge on any atom is -0.349 e. The molecule has 92 valence electrons. The topological polar surface area (TPSA) is 70.2 Å². The summed E-state index contributed by atoms with van der Waals surface area (Å²) < 4.78 is 0. The van der Waals surface area contributed by atoms with Crippen molar-refractivity contribution in [1.82, 2.24) is 16.0 Å². The Balaban J connectivity index is 2.45. The van der Waals surface area contributed by atoms with E-state index in [2.05, 4.69) is 16.0 Å². The van der Waals surface area contributed by atoms with Gasteiger partial charge < -0.3 is 10.6 Å². The molecule has 5 nitrogen and oxygen atoms in total. The molecule has 5 heteroatoms. The summed E-state index contributed by atoms with van der Waals surface area (Å²) in [6, 6.07) is 9.58. The van der Waals surface area contributed by atoms with Crippen molar-refractivity contribution in [3.05, 3.63) is 35.9 Å². The van der Waals surface area contributed by atoms with Gasteiger partial charge in [-0.3, -0.25) is 14.9 Å². The van der Waals surface area contributed by atoms with Gasteiger partial charge in [-0.05, 0) is 12.6 Å². The van der Waals surface area contributed by atoms with E-state index in [0.29, 0.717) is 6.54 Å². The van der Waals surface area contributed by atoms with E-state index in [1.165, 1.54) is 6.92 Å². The normalized spacial score (nSPS) is 11.6. The van der Waals surface area contributed by atoms with Gasteiger partial charge in [0.15, 0.2) is 6.17 Å². The molecule has 0 aromatic heterocycles. The standard InChI is InChI=1S/C12H17N3O2/c1-9(16)15-11(13-2)12(17)14-8-10-6-4-3-5-7-10/h3-7,11,13H,8H2,1-2H3,(H,14,17)(H,15,16). The third-order valence-corrected chi connectivity index (χ3v) is 2.21. The number of benzene rings is 1. The van der Waals surface area contributed by atoms with Crippen LogP contribution in [0.15, 0.2) is 30.3 Å². The van der Waals surface area contributed by atoms with Gasteiger partial charge in [0.05, 0.1) is 0 Å². The van der Waals surface area contributed by atoms with Gasteiger partial charge in [0.1, 0.15) is 0 Å². The number of rotatable bonds is 5. The van der Waals surface area contributed by atoms with E-state index in [4.69, 9.17) is 0 Å². The molecule has 0 saturated heterocycles. The zero-order valence-electron chi connectivity index (χ0n) is 9.99. The van der Waals surface area contributed by atoms with Crippen molar-refractivity contribution in [3.63, 3.8) is 0 Å². The Bertz CT molecular complexity index is 379. The van der Waals surface area contributed by atoms with Crippen LogP contribution in [0.5, 0.6) is 0 Å². The van der Waals surface area contributed by atoms with Crippen LogP contribution in [0, 0.1) is 0 Å². The Morgan fingerprint density at radius 2 is 1.88 bits per heavy atom. The SMILES string of the molecule is CNC(NC(C)=O)C(=O)NCc1ccccc1. The number of hydrogen-bond acceptors (Lipinski definition) is 3. The molecule has 0 spiro atoms. The summed E-state index contributed by atoms with van der Waals surface area (Å²) in [5.41, 5.74) is 1.01. The second-order valence-corrected chi connectivity index (χ2v) is 3.63. The zero-order valence-corrected chi connectivity index (χ0v) is 9.99. The van der Waals surface area contributed by atoms with Gasteiger partial charge in [-0.2, -0.15) is 0 Å². The first-order valence-corrected chi connectivity index (χ1v) is 5.39. The van der Waals surface area contributed by atoms with Crippen molar-refractivity contribution in [2.24, 2.45) is 0 Å². The van der Waals surface area contributed by atoms with Gasteiger partial charge >= 0.3 is 0 Å². The third-order valence-electron chi connectivity index (χ3n) is 2.21. The highest BCUT2D eigenvalue weighted by Crippen LogP contribution is 1.97. The molecule has 17 heavy (non-hydrogen) atoms. The Labute approximate surface area is 101 Å². The summed E-state index contributed by atoms with van der Waals surface area (Å²) >= 11 is 0. The fourth-order valence-electron chi connectivity index (χ4n) is 1.36. The molecule has 1 aromatic rings. The van der Waals surface area contributed by atoms with Crippen molar-refractivity contribution in [2.75, 3.05) is 7.05 Å². The van der Waals surface area contributed by atoms with Crippen molar-refractivity contribution in [2.45, 2.75) is 19.6 Å². The van der Waals surface area contributed by atoms with Crippen LogP contribution in [0.25, 0.3) is 0 Å². The van der Waals surface area contributed by atoms with E-state index < -0.39 is 6.17 Å². The van der Waals surface area contributed by atoms with Gasteiger partial charge in [-0.15, -0.1) is 0 Å². The van der Waals surface area contributed by atoms with E-state index >= 15 is 0 Å². The molecule has 0 bridgehead atoms. The molecular weight excluding hydrogens is 218 g/mol. The Morgan fingerprint density at radius 3 is 2.41 bits per heavy atom. The average Bonchev–Trinajstić information content (AvgIpc) is 2.34. The van der Waals surface area contributed by atoms with Gasteiger partial charge in [-0.25, -0.2) is 0 Å². The summed E-state index contributed by atoms with van der Waals surface area (Å²) in [7, 11) is 1.61. The molecule has 1 unspecified atom stereocenters. The average molecular weight is 235 g/mol. The predicted octanol–water partition coefficient (Wildman–Crippen LogP) is -0.0156. The van der Waals surface area contributed by atoms with Crippen molar-refractivity contribution >= 4 is 11.8 Å². The first kappa shape index (κ1) is 13.2. The maximum absolute atomic E-state index is 11.7. The van der Waals surface area contributed by atoms with Crippen LogP contribution in [0.1, 0.15) is 12.5 Å². The Morgan fingerprint density at radius 1 is 1.24 bits per heavy atom. The number of amides is 2. The molecule has 1 rings (SSSR count). The number of carbonyl (C=O) groups is 2. The molecular formula is C12H17N3O2. The van der Waals surface area contributed by atoms with Gasteiger partial charge in [0.2, 0.25) is 5.91 Å². The van der Waals surface area contributed by atoms with Crippen LogP contribution < -0.4 is 16.0 Å². The molecule has 1 atom stereocenters. The largest absolute Gasteiger partial charge is 0.349 e. The molecule has 0 radical (unpaired) electrons. The van der Waals surface area contributed by atoms with Crippen molar-refractivity contribution in [3.8, 4) is 0 Å². The fourth-order valence-corrected chi connectivity index (χ4v) is 1.36. The minimum atomic E-state index is -0.698. The zero-order chi connectivity index (χ0) is 12.7. The molecule has 0 saturated carbocycles. The van der Waals surface area contributed by atoms with E-state index in [1.54, 1.807) is 7.05 Å². The van der Waals surface area contributed by atoms with Crippen LogP contribution in [0.4, 0.5) is 0 Å². The second kappa shape index (κ2) is 6.65. The number of carbonyl (C=O) groups excluding carboxylic acids is 2. The summed E-state index contributed by atoms with van der Waals surface area (Å²) in [6.45, 7) is 1.81. The summed E-state index contributed by atoms with van der Waals surface area (Å²) in [5, 5.41) is 7.97. The van der Waals surface area contributed by atoms with E-state index in [0.717, 1.165) is 5.56 Å². The Hall–Kier alpha value is -1.88. The summed E-state index contributed by atoms with van der Waals surface area (Å²) in [6.07, 6.45) is -0.698. The predicted molar refractivity (Wildman–Crippen MR) is 65.0 cm³/mol. The quantitative estimate of drug-likeness (QED) is 0.628. The second-order valence-electron chi connectivity index (χ2n) is 3.63. The lowest BCUT2D eigenvalue weighted by molar-refractivity contribution is -0.128. The lowest BCUT2D eigenvalue weighted by atomic mass is 10.2. The maximum atomic E-state index is 11.7. The summed E-state index contributed by atoms with van der Waals surface area (Å²) in [4.78, 5) is 22.6. The van der Waals surface area contributed by atoms with E-state index in [9.17, 15) is 9.59 Å². The highest BCUT2D eigenvalue weighted by atomic mass is 16.2. The van der Waals surface area contributed by atoms with Crippen molar-refractivity contribution < 1.29 is 9.59 Å². The maximum Gasteiger partial charge on any atom is 0.257 e. The lowest BCUT2D eigenvalue weighted by Gasteiger charge is -2.16. The van der Waals surface area contributed by atoms with Gasteiger partial charge in [0, 0.05) is 13.5 Å². The minimum absolute atomic E-state index is 0.251.